The van der Waals surface area contributed by atoms with E-state index >= 15 is 0 Å². The van der Waals surface area contributed by atoms with E-state index in [-0.39, 0.29) is 29.6 Å². The molecule has 3 aliphatic heterocycles. The number of fused-ring (bicyclic) bond motifs is 1. The number of carbonyl (C=O) groups excluding carboxylic acids is 1. The van der Waals surface area contributed by atoms with E-state index in [9.17, 15) is 23.3 Å². The molecule has 308 valence electrons. The highest BCUT2D eigenvalue weighted by Gasteiger charge is 2.37. The molecule has 4 fully saturated rings. The Morgan fingerprint density at radius 3 is 2.58 bits per heavy atom. The average Bonchev–Trinajstić information content (AvgIpc) is 3.79. The molecule has 9 rings (SSSR count). The second-order valence-electron chi connectivity index (χ2n) is 15.7. The number of sulfonamides is 1. The first-order valence-electron chi connectivity index (χ1n) is 20.3. The number of pyridine rings is 1. The summed E-state index contributed by atoms with van der Waals surface area (Å²) in [6.07, 6.45) is 9.89. The number of carbonyl (C=O) groups is 1. The highest BCUT2D eigenvalue weighted by atomic mass is 32.2. The minimum Gasteiger partial charge on any atom is -0.455 e. The third-order valence-electron chi connectivity index (χ3n) is 11.9. The first-order valence-corrected chi connectivity index (χ1v) is 21.8. The normalized spacial score (nSPS) is 20.4. The number of aromatic nitrogens is 2. The first-order chi connectivity index (χ1) is 28.7. The Morgan fingerprint density at radius 2 is 1.80 bits per heavy atom. The van der Waals surface area contributed by atoms with Crippen LogP contribution >= 0.6 is 0 Å². The van der Waals surface area contributed by atoms with Crippen LogP contribution in [0.15, 0.2) is 90.1 Å². The number of ether oxygens (including phenoxy) is 3. The Hall–Kier alpha value is -5.55. The molecule has 59 heavy (non-hydrogen) atoms. The van der Waals surface area contributed by atoms with Gasteiger partial charge in [0, 0.05) is 61.1 Å². The summed E-state index contributed by atoms with van der Waals surface area (Å²) in [5, 5.41) is 15.8. The number of anilines is 2. The molecule has 0 unspecified atom stereocenters. The van der Waals surface area contributed by atoms with Crippen LogP contribution in [-0.2, 0) is 19.5 Å². The van der Waals surface area contributed by atoms with Crippen LogP contribution in [0.5, 0.6) is 11.5 Å². The van der Waals surface area contributed by atoms with E-state index in [4.69, 9.17) is 14.2 Å². The zero-order valence-corrected chi connectivity index (χ0v) is 33.4. The summed E-state index contributed by atoms with van der Waals surface area (Å²) in [4.78, 5) is 37.3. The number of benzene rings is 3. The second kappa shape index (κ2) is 16.6. The van der Waals surface area contributed by atoms with Crippen LogP contribution in [0.3, 0.4) is 0 Å². The van der Waals surface area contributed by atoms with Crippen molar-refractivity contribution in [3.05, 3.63) is 112 Å². The Kier molecular flexibility index (Phi) is 11.0. The van der Waals surface area contributed by atoms with E-state index < -0.39 is 31.4 Å². The molecule has 2 atom stereocenters. The van der Waals surface area contributed by atoms with Crippen LogP contribution in [0, 0.1) is 10.1 Å². The van der Waals surface area contributed by atoms with Gasteiger partial charge in [-0.15, -0.1) is 0 Å². The maximum Gasteiger partial charge on any atom is 0.293 e. The average molecular weight is 822 g/mol. The molecule has 3 saturated heterocycles. The summed E-state index contributed by atoms with van der Waals surface area (Å²) >= 11 is 0. The van der Waals surface area contributed by atoms with Gasteiger partial charge in [0.25, 0.3) is 21.6 Å². The number of H-pyrrole nitrogens is 1. The van der Waals surface area contributed by atoms with E-state index in [1.165, 1.54) is 55.1 Å². The zero-order valence-electron chi connectivity index (χ0n) is 32.5. The predicted octanol–water partition coefficient (Wildman–Crippen LogP) is 6.89. The van der Waals surface area contributed by atoms with Gasteiger partial charge in [-0.25, -0.2) is 18.1 Å². The molecule has 0 spiro atoms. The number of nitro groups is 1. The number of nitrogens with one attached hydrogen (secondary N) is 3. The Balaban J connectivity index is 0.932. The van der Waals surface area contributed by atoms with Crippen molar-refractivity contribution in [1.82, 2.24) is 19.6 Å². The summed E-state index contributed by atoms with van der Waals surface area (Å²) in [7, 11) is -4.56. The summed E-state index contributed by atoms with van der Waals surface area (Å²) in [6.45, 7) is 4.14. The van der Waals surface area contributed by atoms with Crippen molar-refractivity contribution in [2.24, 2.45) is 0 Å². The molecule has 3 N–H and O–H groups in total. The smallest absolute Gasteiger partial charge is 0.293 e. The fourth-order valence-corrected chi connectivity index (χ4v) is 9.76. The van der Waals surface area contributed by atoms with Crippen molar-refractivity contribution >= 4 is 44.0 Å². The van der Waals surface area contributed by atoms with Gasteiger partial charge in [0.2, 0.25) is 0 Å². The Labute approximate surface area is 342 Å². The molecule has 2 aromatic heterocycles. The van der Waals surface area contributed by atoms with E-state index in [0.717, 1.165) is 49.6 Å². The standard InChI is InChI=1S/C43H47N7O8S/c51-43(47-59(54,55)34-10-12-38(40(24-34)50(52)53)45-26-33-27-56-20-21-57-33)37-11-9-31(23-41(37)58-32-22-29-13-16-44-42(29)46-25-32)48-18-14-30(15-19-48)49-17-3-6-39(49)36-5-2-1-4-35(36)28-7-8-28/h1-2,4-5,9-13,16,22-25,28,30,33,39,45H,3,6-8,14-15,17-21,26-27H2,(H,44,46)(H,47,51)/t33-,39+/m1/s1. The SMILES string of the molecule is O=C(NS(=O)(=O)c1ccc(NC[C@@H]2COCCO2)c([N+](=O)[O-])c1)c1ccc(N2CCC(N3CCC[C@H]3c3ccccc3C3CC3)CC2)cc1Oc1cnc2[nH]ccc2c1. The largest absolute Gasteiger partial charge is 0.455 e. The van der Waals surface area contributed by atoms with Gasteiger partial charge in [-0.3, -0.25) is 19.8 Å². The van der Waals surface area contributed by atoms with Gasteiger partial charge >= 0.3 is 0 Å². The van der Waals surface area contributed by atoms with E-state index in [1.807, 2.05) is 6.07 Å². The fraction of sp³-hybridized carbons (Fsp3) is 0.395. The molecule has 15 nitrogen and oxygen atoms in total. The van der Waals surface area contributed by atoms with Gasteiger partial charge in [-0.2, -0.15) is 0 Å². The third-order valence-corrected chi connectivity index (χ3v) is 13.2. The zero-order chi connectivity index (χ0) is 40.5. The molecule has 0 bridgehead atoms. The number of nitrogens with zero attached hydrogens (tertiary/aromatic N) is 4. The molecule has 5 heterocycles. The van der Waals surface area contributed by atoms with Gasteiger partial charge in [0.15, 0.2) is 0 Å². The van der Waals surface area contributed by atoms with Crippen LogP contribution in [0.2, 0.25) is 0 Å². The number of rotatable bonds is 13. The highest BCUT2D eigenvalue weighted by Crippen LogP contribution is 2.46. The minimum absolute atomic E-state index is 0.0295. The van der Waals surface area contributed by atoms with Gasteiger partial charge in [-0.1, -0.05) is 24.3 Å². The molecule has 1 saturated carbocycles. The maximum absolute atomic E-state index is 13.9. The Morgan fingerprint density at radius 1 is 0.966 bits per heavy atom. The van der Waals surface area contributed by atoms with Gasteiger partial charge < -0.3 is 29.4 Å². The number of hydrogen-bond donors (Lipinski definition) is 3. The number of amides is 1. The highest BCUT2D eigenvalue weighted by molar-refractivity contribution is 7.90. The number of aromatic amines is 1. The third kappa shape index (κ3) is 8.48. The molecule has 4 aliphatic rings. The summed E-state index contributed by atoms with van der Waals surface area (Å²) in [5.74, 6) is 0.258. The van der Waals surface area contributed by atoms with E-state index in [1.54, 1.807) is 30.5 Å². The quantitative estimate of drug-likeness (QED) is 0.0828. The van der Waals surface area contributed by atoms with E-state index in [0.29, 0.717) is 49.2 Å². The predicted molar refractivity (Wildman–Crippen MR) is 222 cm³/mol. The number of nitro benzene ring substituents is 1. The molecule has 0 radical (unpaired) electrons. The van der Waals surface area contributed by atoms with Gasteiger partial charge in [-0.05, 0) is 98.5 Å². The second-order valence-corrected chi connectivity index (χ2v) is 17.4. The monoisotopic (exact) mass is 821 g/mol. The van der Waals surface area contributed by atoms with Crippen LogP contribution in [0.1, 0.15) is 72.0 Å². The lowest BCUT2D eigenvalue weighted by molar-refractivity contribution is -0.384. The first kappa shape index (κ1) is 38.9. The van der Waals surface area contributed by atoms with Crippen molar-refractivity contribution in [3.8, 4) is 11.5 Å². The maximum atomic E-state index is 13.9. The van der Waals surface area contributed by atoms with Crippen LogP contribution in [0.4, 0.5) is 17.1 Å². The van der Waals surface area contributed by atoms with Gasteiger partial charge in [0.1, 0.15) is 22.8 Å². The molecule has 5 aromatic rings. The van der Waals surface area contributed by atoms with Crippen molar-refractivity contribution in [2.45, 2.75) is 67.5 Å². The van der Waals surface area contributed by atoms with Crippen LogP contribution in [-0.4, -0.2) is 92.3 Å². The summed E-state index contributed by atoms with van der Waals surface area (Å²) in [6, 6.07) is 22.1. The number of hydrogen-bond acceptors (Lipinski definition) is 12. The fourth-order valence-electron chi connectivity index (χ4n) is 8.77. The Bertz CT molecular complexity index is 2460. The van der Waals surface area contributed by atoms with Crippen LogP contribution in [0.25, 0.3) is 11.0 Å². The molecule has 16 heteroatoms. The van der Waals surface area contributed by atoms with Crippen molar-refractivity contribution < 1.29 is 32.3 Å². The summed E-state index contributed by atoms with van der Waals surface area (Å²) < 4.78 is 46.7. The number of likely N-dealkylation sites (tertiary alicyclic amines) is 1. The molecular formula is C43H47N7O8S. The topological polar surface area (TPSA) is 181 Å². The molecule has 1 aliphatic carbocycles. The lowest BCUT2D eigenvalue weighted by Crippen LogP contribution is -2.44. The summed E-state index contributed by atoms with van der Waals surface area (Å²) in [5.41, 5.74) is 4.15. The van der Waals surface area contributed by atoms with Crippen molar-refractivity contribution in [2.75, 3.05) is 56.2 Å². The van der Waals surface area contributed by atoms with Crippen LogP contribution < -0.4 is 19.7 Å². The van der Waals surface area contributed by atoms with Gasteiger partial charge in [0.05, 0.1) is 47.5 Å². The molecule has 3 aromatic carbocycles. The lowest BCUT2D eigenvalue weighted by atomic mass is 9.93. The molecule has 1 amide bonds. The van der Waals surface area contributed by atoms with Crippen molar-refractivity contribution in [1.29, 1.82) is 0 Å². The molecular weight excluding hydrogens is 775 g/mol. The number of piperidine rings is 1. The van der Waals surface area contributed by atoms with Crippen molar-refractivity contribution in [3.63, 3.8) is 0 Å². The lowest BCUT2D eigenvalue weighted by Gasteiger charge is -2.41. The minimum atomic E-state index is -4.56. The van der Waals surface area contributed by atoms with E-state index in [2.05, 4.69) is 54.1 Å².